The number of hydrogen-bond acceptors (Lipinski definition) is 4. The molecule has 0 aliphatic heterocycles. The summed E-state index contributed by atoms with van der Waals surface area (Å²) in [5, 5.41) is 4.01. The van der Waals surface area contributed by atoms with Crippen molar-refractivity contribution in [2.75, 3.05) is 7.11 Å². The number of rotatable bonds is 4. The summed E-state index contributed by atoms with van der Waals surface area (Å²) in [5.74, 6) is 0.947. The summed E-state index contributed by atoms with van der Waals surface area (Å²) < 4.78 is 6.60. The number of benzene rings is 1. The van der Waals surface area contributed by atoms with E-state index in [0.29, 0.717) is 38.6 Å². The van der Waals surface area contributed by atoms with Gasteiger partial charge in [-0.2, -0.15) is 0 Å². The van der Waals surface area contributed by atoms with Gasteiger partial charge in [0, 0.05) is 24.2 Å². The molecule has 0 fully saturated rings. The van der Waals surface area contributed by atoms with E-state index in [9.17, 15) is 4.79 Å². The Morgan fingerprint density at radius 2 is 2.08 bits per heavy atom. The molecule has 128 valence electrons. The van der Waals surface area contributed by atoms with Gasteiger partial charge < -0.3 is 4.74 Å². The summed E-state index contributed by atoms with van der Waals surface area (Å²) >= 11 is 11.8. The zero-order valence-corrected chi connectivity index (χ0v) is 15.0. The molecule has 0 aliphatic carbocycles. The van der Waals surface area contributed by atoms with Gasteiger partial charge in [-0.1, -0.05) is 23.2 Å². The number of ether oxygens (including phenoxy) is 1. The number of hydrogen-bond donors (Lipinski definition) is 1. The molecule has 8 heteroatoms. The first-order valence-electron chi connectivity index (χ1n) is 7.30. The highest BCUT2D eigenvalue weighted by Crippen LogP contribution is 2.26. The third-order valence-corrected chi connectivity index (χ3v) is 4.08. The molecule has 0 amide bonds. The lowest BCUT2D eigenvalue weighted by Crippen LogP contribution is -2.17. The number of aromatic nitrogens is 3. The Labute approximate surface area is 153 Å². The lowest BCUT2D eigenvalue weighted by Gasteiger charge is -2.06. The molecule has 6 nitrogen and oxygen atoms in total. The van der Waals surface area contributed by atoms with Crippen LogP contribution in [-0.4, -0.2) is 28.1 Å². The van der Waals surface area contributed by atoms with E-state index in [1.54, 1.807) is 37.3 Å². The number of aromatic amines is 1. The minimum absolute atomic E-state index is 0.236. The monoisotopic (exact) mass is 376 g/mol. The van der Waals surface area contributed by atoms with Gasteiger partial charge in [0.2, 0.25) is 0 Å². The number of nitrogens with one attached hydrogen (secondary N) is 1. The van der Waals surface area contributed by atoms with Gasteiger partial charge in [0.1, 0.15) is 5.75 Å². The van der Waals surface area contributed by atoms with Crippen molar-refractivity contribution in [3.63, 3.8) is 0 Å². The average Bonchev–Trinajstić information content (AvgIpc) is 2.89. The molecule has 3 rings (SSSR count). The number of halogens is 2. The highest BCUT2D eigenvalue weighted by molar-refractivity contribution is 6.32. The number of methoxy groups -OCH3 is 1. The van der Waals surface area contributed by atoms with Crippen LogP contribution in [0.1, 0.15) is 11.3 Å². The first kappa shape index (κ1) is 17.3. The van der Waals surface area contributed by atoms with Gasteiger partial charge in [0.15, 0.2) is 5.82 Å². The molecule has 0 aliphatic rings. The van der Waals surface area contributed by atoms with E-state index in [4.69, 9.17) is 27.9 Å². The van der Waals surface area contributed by atoms with E-state index in [2.05, 4.69) is 15.1 Å². The lowest BCUT2D eigenvalue weighted by molar-refractivity contribution is 0.414. The predicted molar refractivity (Wildman–Crippen MR) is 99.2 cm³/mol. The summed E-state index contributed by atoms with van der Waals surface area (Å²) in [6.45, 7) is 1.79. The quantitative estimate of drug-likeness (QED) is 0.700. The topological polar surface area (TPSA) is 72.3 Å². The van der Waals surface area contributed by atoms with Gasteiger partial charge in [-0.3, -0.25) is 9.89 Å². The number of aliphatic imine (C=N–C) groups is 1. The summed E-state index contributed by atoms with van der Waals surface area (Å²) in [5.41, 5.74) is 1.49. The Hall–Kier alpha value is -2.57. The van der Waals surface area contributed by atoms with Crippen LogP contribution in [0.15, 0.2) is 46.3 Å². The second-order valence-corrected chi connectivity index (χ2v) is 6.05. The van der Waals surface area contributed by atoms with Gasteiger partial charge >= 0.3 is 0 Å². The fraction of sp³-hybridized carbons (Fsp3) is 0.118. The van der Waals surface area contributed by atoms with Crippen molar-refractivity contribution in [3.8, 4) is 11.4 Å². The normalized spacial score (nSPS) is 11.2. The predicted octanol–water partition coefficient (Wildman–Crippen LogP) is 3.94. The van der Waals surface area contributed by atoms with Crippen molar-refractivity contribution in [1.29, 1.82) is 0 Å². The Balaban J connectivity index is 1.99. The fourth-order valence-electron chi connectivity index (χ4n) is 2.26. The molecule has 2 heterocycles. The highest BCUT2D eigenvalue weighted by Gasteiger charge is 2.12. The highest BCUT2D eigenvalue weighted by atomic mass is 35.5. The van der Waals surface area contributed by atoms with Crippen LogP contribution in [0.4, 0.5) is 5.82 Å². The molecule has 25 heavy (non-hydrogen) atoms. The molecule has 1 N–H and O–H groups in total. The fourth-order valence-corrected chi connectivity index (χ4v) is 2.56. The van der Waals surface area contributed by atoms with Crippen molar-refractivity contribution >= 4 is 35.2 Å². The van der Waals surface area contributed by atoms with Crippen LogP contribution in [0.25, 0.3) is 5.69 Å². The van der Waals surface area contributed by atoms with Crippen LogP contribution in [0.3, 0.4) is 0 Å². The Kier molecular flexibility index (Phi) is 4.92. The summed E-state index contributed by atoms with van der Waals surface area (Å²) in [7, 11) is 1.52. The number of aryl methyl sites for hydroxylation is 1. The standard InChI is InChI=1S/C17H14Cl2N4O2/c1-10-13(9-21-16-6-3-11(18)8-20-16)17(24)23(22-10)12-4-5-14(19)15(7-12)25-2/h3-9,22H,1-2H3. The van der Waals surface area contributed by atoms with E-state index >= 15 is 0 Å². The number of H-pyrrole nitrogens is 1. The van der Waals surface area contributed by atoms with Crippen LogP contribution in [-0.2, 0) is 0 Å². The summed E-state index contributed by atoms with van der Waals surface area (Å²) in [6, 6.07) is 8.43. The first-order chi connectivity index (χ1) is 12.0. The van der Waals surface area contributed by atoms with Crippen LogP contribution >= 0.6 is 23.2 Å². The second-order valence-electron chi connectivity index (χ2n) is 5.20. The van der Waals surface area contributed by atoms with Crippen LogP contribution in [0.5, 0.6) is 5.75 Å². The van der Waals surface area contributed by atoms with Crippen LogP contribution in [0.2, 0.25) is 10.0 Å². The van der Waals surface area contributed by atoms with Gasteiger partial charge in [0.05, 0.1) is 28.4 Å². The Bertz CT molecular complexity index is 991. The first-order valence-corrected chi connectivity index (χ1v) is 8.06. The molecule has 1 aromatic carbocycles. The molecule has 2 aromatic heterocycles. The van der Waals surface area contributed by atoms with E-state index in [1.165, 1.54) is 24.2 Å². The zero-order chi connectivity index (χ0) is 18.0. The molecular weight excluding hydrogens is 363 g/mol. The Morgan fingerprint density at radius 1 is 1.28 bits per heavy atom. The lowest BCUT2D eigenvalue weighted by atomic mass is 10.3. The molecule has 0 spiro atoms. The minimum atomic E-state index is -0.236. The van der Waals surface area contributed by atoms with Crippen molar-refractivity contribution in [2.24, 2.45) is 4.99 Å². The second kappa shape index (κ2) is 7.13. The van der Waals surface area contributed by atoms with E-state index in [1.807, 2.05) is 0 Å². The molecule has 3 aromatic rings. The molecule has 0 saturated carbocycles. The van der Waals surface area contributed by atoms with E-state index in [-0.39, 0.29) is 5.56 Å². The maximum Gasteiger partial charge on any atom is 0.280 e. The molecule has 0 bridgehead atoms. The summed E-state index contributed by atoms with van der Waals surface area (Å²) in [6.07, 6.45) is 2.98. The van der Waals surface area contributed by atoms with Crippen molar-refractivity contribution in [1.82, 2.24) is 14.8 Å². The SMILES string of the molecule is COc1cc(-n2[nH]c(C)c(C=Nc3ccc(Cl)cn3)c2=O)ccc1Cl. The molecular formula is C17H14Cl2N4O2. The number of nitrogens with zero attached hydrogens (tertiary/aromatic N) is 3. The Morgan fingerprint density at radius 3 is 2.76 bits per heavy atom. The van der Waals surface area contributed by atoms with Gasteiger partial charge in [-0.25, -0.2) is 14.7 Å². The van der Waals surface area contributed by atoms with Crippen molar-refractivity contribution in [2.45, 2.75) is 6.92 Å². The van der Waals surface area contributed by atoms with E-state index in [0.717, 1.165) is 0 Å². The van der Waals surface area contributed by atoms with Crippen molar-refractivity contribution < 1.29 is 4.74 Å². The molecule has 0 radical (unpaired) electrons. The van der Waals surface area contributed by atoms with Gasteiger partial charge in [-0.15, -0.1) is 0 Å². The third kappa shape index (κ3) is 3.60. The largest absolute Gasteiger partial charge is 0.495 e. The van der Waals surface area contributed by atoms with Crippen LogP contribution in [0, 0.1) is 6.92 Å². The van der Waals surface area contributed by atoms with E-state index < -0.39 is 0 Å². The molecule has 0 atom stereocenters. The molecule has 0 unspecified atom stereocenters. The minimum Gasteiger partial charge on any atom is -0.495 e. The number of pyridine rings is 1. The average molecular weight is 377 g/mol. The summed E-state index contributed by atoms with van der Waals surface area (Å²) in [4.78, 5) is 21.0. The maximum atomic E-state index is 12.7. The third-order valence-electron chi connectivity index (χ3n) is 3.55. The van der Waals surface area contributed by atoms with Crippen molar-refractivity contribution in [3.05, 3.63) is 68.2 Å². The van der Waals surface area contributed by atoms with Gasteiger partial charge in [-0.05, 0) is 31.2 Å². The molecule has 0 saturated heterocycles. The van der Waals surface area contributed by atoms with Crippen LogP contribution < -0.4 is 10.3 Å². The smallest absolute Gasteiger partial charge is 0.280 e. The van der Waals surface area contributed by atoms with Gasteiger partial charge in [0.25, 0.3) is 5.56 Å². The zero-order valence-electron chi connectivity index (χ0n) is 13.5. The maximum absolute atomic E-state index is 12.7.